The van der Waals surface area contributed by atoms with Gasteiger partial charge in [-0.15, -0.1) is 0 Å². The third-order valence-corrected chi connectivity index (χ3v) is 10.4. The SMILES string of the molecule is COc1cc([C@@H]2c3cc4c(cc3C(O[C@@H]3OC5CO[C@@H](C)OC5[C@@H](O)[C@H]3O)C3COC(=O)[C@@H]32)OCO4)cc(OC)c1OC(=O)OCC1COC(C)(C)O1. The van der Waals surface area contributed by atoms with E-state index in [-0.39, 0.29) is 50.5 Å². The molecule has 6 aliphatic rings. The number of methoxy groups -OCH3 is 2. The molecular formula is C36H42O17. The van der Waals surface area contributed by atoms with Crippen LogP contribution in [0, 0.1) is 11.8 Å². The lowest BCUT2D eigenvalue weighted by atomic mass is 9.66. The van der Waals surface area contributed by atoms with E-state index in [4.69, 9.17) is 61.6 Å². The van der Waals surface area contributed by atoms with Gasteiger partial charge in [0.2, 0.25) is 12.5 Å². The molecule has 5 aliphatic heterocycles. The molecule has 0 aromatic heterocycles. The normalized spacial score (nSPS) is 35.1. The van der Waals surface area contributed by atoms with Crippen molar-refractivity contribution in [3.8, 4) is 28.7 Å². The predicted molar refractivity (Wildman–Crippen MR) is 174 cm³/mol. The average Bonchev–Trinajstić information content (AvgIpc) is 3.86. The first-order valence-electron chi connectivity index (χ1n) is 17.4. The number of cyclic esters (lactones) is 1. The maximum atomic E-state index is 13.7. The Bertz CT molecular complexity index is 1700. The molecule has 0 amide bonds. The Balaban J connectivity index is 1.12. The number of hydrogen-bond donors (Lipinski definition) is 2. The van der Waals surface area contributed by atoms with Crippen LogP contribution < -0.4 is 23.7 Å². The van der Waals surface area contributed by atoms with Crippen molar-refractivity contribution in [2.75, 3.05) is 47.4 Å². The first-order chi connectivity index (χ1) is 25.4. The van der Waals surface area contributed by atoms with Crippen LogP contribution >= 0.6 is 0 Å². The van der Waals surface area contributed by atoms with Gasteiger partial charge in [0.1, 0.15) is 37.1 Å². The zero-order valence-corrected chi connectivity index (χ0v) is 29.7. The highest BCUT2D eigenvalue weighted by Gasteiger charge is 2.56. The third-order valence-electron chi connectivity index (χ3n) is 10.4. The summed E-state index contributed by atoms with van der Waals surface area (Å²) in [5, 5.41) is 22.2. The molecule has 8 rings (SSSR count). The van der Waals surface area contributed by atoms with Gasteiger partial charge in [-0.1, -0.05) is 0 Å². The lowest BCUT2D eigenvalue weighted by Crippen LogP contribution is -2.63. The lowest BCUT2D eigenvalue weighted by molar-refractivity contribution is -0.364. The smallest absolute Gasteiger partial charge is 0.493 e. The van der Waals surface area contributed by atoms with E-state index in [1.807, 2.05) is 0 Å². The number of rotatable bonds is 8. The third kappa shape index (κ3) is 6.62. The number of hydrogen-bond acceptors (Lipinski definition) is 17. The molecule has 0 radical (unpaired) electrons. The second kappa shape index (κ2) is 14.0. The van der Waals surface area contributed by atoms with Crippen LogP contribution in [0.25, 0.3) is 0 Å². The topological polar surface area (TPSA) is 195 Å². The molecule has 5 unspecified atom stereocenters. The van der Waals surface area contributed by atoms with Crippen LogP contribution in [0.15, 0.2) is 24.3 Å². The second-order valence-corrected chi connectivity index (χ2v) is 14.1. The number of fused-ring (bicyclic) bond motifs is 4. The molecule has 0 spiro atoms. The Morgan fingerprint density at radius 3 is 2.32 bits per heavy atom. The van der Waals surface area contributed by atoms with E-state index in [2.05, 4.69) is 0 Å². The highest BCUT2D eigenvalue weighted by Crippen LogP contribution is 2.57. The number of carbonyl (C=O) groups is 2. The molecule has 1 aliphatic carbocycles. The predicted octanol–water partition coefficient (Wildman–Crippen LogP) is 2.30. The van der Waals surface area contributed by atoms with Crippen LogP contribution in [-0.4, -0.2) is 119 Å². The fourth-order valence-electron chi connectivity index (χ4n) is 7.94. The van der Waals surface area contributed by atoms with Crippen molar-refractivity contribution < 1.29 is 81.4 Å². The van der Waals surface area contributed by atoms with Crippen LogP contribution in [0.4, 0.5) is 4.79 Å². The van der Waals surface area contributed by atoms with E-state index in [0.29, 0.717) is 28.2 Å². The van der Waals surface area contributed by atoms with Crippen molar-refractivity contribution in [3.05, 3.63) is 41.0 Å². The molecule has 4 saturated heterocycles. The summed E-state index contributed by atoms with van der Waals surface area (Å²) in [4.78, 5) is 26.5. The molecule has 2 N–H and O–H groups in total. The minimum atomic E-state index is -1.48. The van der Waals surface area contributed by atoms with E-state index >= 15 is 0 Å². The van der Waals surface area contributed by atoms with E-state index in [0.717, 1.165) is 0 Å². The number of aliphatic hydroxyl groups excluding tert-OH is 2. The molecular weight excluding hydrogens is 704 g/mol. The molecule has 2 aromatic carbocycles. The largest absolute Gasteiger partial charge is 0.514 e. The summed E-state index contributed by atoms with van der Waals surface area (Å²) < 4.78 is 74.6. The lowest BCUT2D eigenvalue weighted by Gasteiger charge is -2.47. The summed E-state index contributed by atoms with van der Waals surface area (Å²) in [6.07, 6.45) is -8.57. The highest BCUT2D eigenvalue weighted by atomic mass is 16.8. The van der Waals surface area contributed by atoms with Crippen molar-refractivity contribution in [1.29, 1.82) is 0 Å². The second-order valence-electron chi connectivity index (χ2n) is 14.1. The number of carbonyl (C=O) groups excluding carboxylic acids is 2. The molecule has 0 bridgehead atoms. The molecule has 2 aromatic rings. The summed E-state index contributed by atoms with van der Waals surface area (Å²) in [7, 11) is 2.81. The van der Waals surface area contributed by atoms with Gasteiger partial charge in [0.05, 0.1) is 46.1 Å². The van der Waals surface area contributed by atoms with Crippen molar-refractivity contribution >= 4 is 12.1 Å². The van der Waals surface area contributed by atoms with Gasteiger partial charge in [-0.3, -0.25) is 4.79 Å². The van der Waals surface area contributed by atoms with Crippen molar-refractivity contribution in [2.45, 2.75) is 81.7 Å². The molecule has 53 heavy (non-hydrogen) atoms. The van der Waals surface area contributed by atoms with E-state index in [1.54, 1.807) is 45.0 Å². The number of ether oxygens (including phenoxy) is 13. The fraction of sp³-hybridized carbons (Fsp3) is 0.611. The van der Waals surface area contributed by atoms with Crippen molar-refractivity contribution in [1.82, 2.24) is 0 Å². The fourth-order valence-corrected chi connectivity index (χ4v) is 7.94. The molecule has 288 valence electrons. The van der Waals surface area contributed by atoms with Crippen molar-refractivity contribution in [3.63, 3.8) is 0 Å². The van der Waals surface area contributed by atoms with Crippen LogP contribution in [0.1, 0.15) is 49.5 Å². The monoisotopic (exact) mass is 746 g/mol. The maximum Gasteiger partial charge on any atom is 0.514 e. The highest BCUT2D eigenvalue weighted by molar-refractivity contribution is 5.79. The number of aliphatic hydroxyl groups is 2. The zero-order chi connectivity index (χ0) is 37.2. The van der Waals surface area contributed by atoms with Gasteiger partial charge < -0.3 is 71.8 Å². The molecule has 17 nitrogen and oxygen atoms in total. The molecule has 17 heteroatoms. The Labute approximate surface area is 304 Å². The maximum absolute atomic E-state index is 13.7. The summed E-state index contributed by atoms with van der Waals surface area (Å²) in [6, 6.07) is 6.86. The minimum Gasteiger partial charge on any atom is -0.493 e. The number of esters is 1. The summed E-state index contributed by atoms with van der Waals surface area (Å²) in [5.41, 5.74) is 1.84. The first kappa shape index (κ1) is 36.1. The Hall–Kier alpha value is -3.94. The molecule has 4 fully saturated rings. The summed E-state index contributed by atoms with van der Waals surface area (Å²) >= 11 is 0. The average molecular weight is 747 g/mol. The first-order valence-corrected chi connectivity index (χ1v) is 17.4. The molecule has 11 atom stereocenters. The van der Waals surface area contributed by atoms with E-state index < -0.39 is 84.9 Å². The summed E-state index contributed by atoms with van der Waals surface area (Å²) in [6.45, 7) is 5.48. The summed E-state index contributed by atoms with van der Waals surface area (Å²) in [5.74, 6) is -2.17. The van der Waals surface area contributed by atoms with Gasteiger partial charge in [0, 0.05) is 11.8 Å². The van der Waals surface area contributed by atoms with Gasteiger partial charge in [-0.2, -0.15) is 0 Å². The van der Waals surface area contributed by atoms with Gasteiger partial charge in [0.25, 0.3) is 0 Å². The molecule has 5 heterocycles. The van der Waals surface area contributed by atoms with Crippen LogP contribution in [0.2, 0.25) is 0 Å². The van der Waals surface area contributed by atoms with E-state index in [1.165, 1.54) is 14.2 Å². The van der Waals surface area contributed by atoms with Crippen LogP contribution in [-0.2, 0) is 42.7 Å². The van der Waals surface area contributed by atoms with Crippen LogP contribution in [0.3, 0.4) is 0 Å². The van der Waals surface area contributed by atoms with E-state index in [9.17, 15) is 19.8 Å². The van der Waals surface area contributed by atoms with Gasteiger partial charge in [-0.25, -0.2) is 4.79 Å². The van der Waals surface area contributed by atoms with Crippen molar-refractivity contribution in [2.24, 2.45) is 11.8 Å². The number of benzene rings is 2. The zero-order valence-electron chi connectivity index (χ0n) is 29.7. The Morgan fingerprint density at radius 1 is 0.925 bits per heavy atom. The Kier molecular flexibility index (Phi) is 9.55. The standard InChI is InChI=1S/C36H42O17/c1-15-43-13-25-32(49-15)28(37)29(38)34(50-25)51-30-19-9-22-21(46-14-47-22)8-18(19)26(27-20(30)12-44-33(27)39)16-6-23(41-4)31(24(7-16)42-5)52-35(40)45-10-17-11-48-36(2,3)53-17/h6-9,15,17,20,25-30,32,34,37-38H,10-14H2,1-5H3/t15-,17?,20?,25?,26-,27+,28+,29-,30?,32?,34+/m1/s1. The van der Waals surface area contributed by atoms with Crippen LogP contribution in [0.5, 0.6) is 28.7 Å². The quantitative estimate of drug-likeness (QED) is 0.295. The van der Waals surface area contributed by atoms with Gasteiger partial charge in [-0.05, 0) is 61.7 Å². The Morgan fingerprint density at radius 2 is 1.64 bits per heavy atom. The minimum absolute atomic E-state index is 0.00601. The molecule has 0 saturated carbocycles. The van der Waals surface area contributed by atoms with Gasteiger partial charge >= 0.3 is 12.1 Å². The van der Waals surface area contributed by atoms with Gasteiger partial charge in [0.15, 0.2) is 41.4 Å².